The Balaban J connectivity index is 1.33. The average Bonchev–Trinajstić information content (AvgIpc) is 3.29. The zero-order valence-corrected chi connectivity index (χ0v) is 14.3. The minimum absolute atomic E-state index is 0.100. The van der Waals surface area contributed by atoms with Crippen LogP contribution in [0, 0.1) is 0 Å². The third-order valence-corrected chi connectivity index (χ3v) is 6.99. The molecular formula is C14H18Br2O4. The quantitative estimate of drug-likeness (QED) is 0.408. The first-order valence-corrected chi connectivity index (χ1v) is 8.92. The van der Waals surface area contributed by atoms with Gasteiger partial charge in [0.2, 0.25) is 0 Å². The molecule has 4 fully saturated rings. The van der Waals surface area contributed by atoms with Crippen molar-refractivity contribution < 1.29 is 19.0 Å². The number of fused-ring (bicyclic) bond motifs is 2. The molecule has 2 saturated carbocycles. The van der Waals surface area contributed by atoms with E-state index in [9.17, 15) is 4.79 Å². The molecule has 0 aromatic heterocycles. The SMILES string of the molecule is O=C(OCC1(Br)CCC2OC2C1)C1(Br)CCC2OC2C1. The molecule has 4 rings (SSSR count). The predicted molar refractivity (Wildman–Crippen MR) is 79.3 cm³/mol. The summed E-state index contributed by atoms with van der Waals surface area (Å²) in [4.78, 5) is 12.4. The lowest BCUT2D eigenvalue weighted by Gasteiger charge is -2.32. The Labute approximate surface area is 135 Å². The molecule has 0 N–H and O–H groups in total. The zero-order chi connectivity index (χ0) is 14.0. The summed E-state index contributed by atoms with van der Waals surface area (Å²) < 4.78 is 16.0. The van der Waals surface area contributed by atoms with Gasteiger partial charge in [-0.15, -0.1) is 0 Å². The summed E-state index contributed by atoms with van der Waals surface area (Å²) >= 11 is 7.35. The van der Waals surface area contributed by atoms with Crippen molar-refractivity contribution in [3.8, 4) is 0 Å². The number of carbonyl (C=O) groups is 1. The summed E-state index contributed by atoms with van der Waals surface area (Å²) in [6.45, 7) is 0.431. The van der Waals surface area contributed by atoms with E-state index in [4.69, 9.17) is 14.2 Å². The van der Waals surface area contributed by atoms with Gasteiger partial charge in [-0.05, 0) is 32.1 Å². The smallest absolute Gasteiger partial charge is 0.323 e. The molecule has 4 nitrogen and oxygen atoms in total. The Morgan fingerprint density at radius 1 is 1.05 bits per heavy atom. The van der Waals surface area contributed by atoms with Crippen LogP contribution in [0.1, 0.15) is 38.5 Å². The fourth-order valence-corrected chi connectivity index (χ4v) is 4.85. The fourth-order valence-electron chi connectivity index (χ4n) is 3.52. The van der Waals surface area contributed by atoms with Crippen LogP contribution in [0.3, 0.4) is 0 Å². The van der Waals surface area contributed by atoms with Crippen molar-refractivity contribution in [1.29, 1.82) is 0 Å². The number of esters is 1. The molecule has 0 bridgehead atoms. The van der Waals surface area contributed by atoms with Crippen molar-refractivity contribution in [3.05, 3.63) is 0 Å². The van der Waals surface area contributed by atoms with Gasteiger partial charge in [0.15, 0.2) is 0 Å². The number of carbonyl (C=O) groups excluding carboxylic acids is 1. The summed E-state index contributed by atoms with van der Waals surface area (Å²) in [6, 6.07) is 0. The van der Waals surface area contributed by atoms with Crippen LogP contribution in [0.4, 0.5) is 0 Å². The van der Waals surface area contributed by atoms with Crippen LogP contribution >= 0.6 is 31.9 Å². The summed E-state index contributed by atoms with van der Waals surface area (Å²) in [5, 5.41) is 0. The van der Waals surface area contributed by atoms with Gasteiger partial charge in [0, 0.05) is 6.42 Å². The van der Waals surface area contributed by atoms with E-state index in [1.165, 1.54) is 0 Å². The maximum absolute atomic E-state index is 12.4. The lowest BCUT2D eigenvalue weighted by molar-refractivity contribution is -0.148. The van der Waals surface area contributed by atoms with E-state index in [-0.39, 0.29) is 16.4 Å². The van der Waals surface area contributed by atoms with Gasteiger partial charge in [0.1, 0.15) is 10.9 Å². The standard InChI is InChI=1S/C14H18Br2O4/c15-13(3-1-8-10(5-13)19-8)7-18-12(17)14(16)4-2-9-11(6-14)20-9/h8-11H,1-7H2. The van der Waals surface area contributed by atoms with Crippen LogP contribution in [0.25, 0.3) is 0 Å². The second-order valence-electron chi connectivity index (χ2n) is 6.60. The highest BCUT2D eigenvalue weighted by atomic mass is 79.9. The molecule has 0 aromatic carbocycles. The molecule has 112 valence electrons. The summed E-state index contributed by atoms with van der Waals surface area (Å²) in [5.74, 6) is -0.135. The Morgan fingerprint density at radius 3 is 2.35 bits per heavy atom. The molecule has 0 spiro atoms. The normalized spacial score (nSPS) is 52.7. The highest BCUT2D eigenvalue weighted by Gasteiger charge is 2.54. The molecule has 4 aliphatic rings. The first kappa shape index (κ1) is 14.0. The van der Waals surface area contributed by atoms with Crippen LogP contribution in [-0.4, -0.2) is 45.6 Å². The highest BCUT2D eigenvalue weighted by Crippen LogP contribution is 2.48. The third kappa shape index (κ3) is 2.57. The van der Waals surface area contributed by atoms with Crippen LogP contribution in [0.5, 0.6) is 0 Å². The Morgan fingerprint density at radius 2 is 1.70 bits per heavy atom. The van der Waals surface area contributed by atoms with Crippen molar-refractivity contribution in [1.82, 2.24) is 0 Å². The molecule has 6 unspecified atom stereocenters. The number of ether oxygens (including phenoxy) is 3. The maximum atomic E-state index is 12.4. The van der Waals surface area contributed by atoms with Gasteiger partial charge in [0.05, 0.1) is 28.7 Å². The number of epoxide rings is 2. The van der Waals surface area contributed by atoms with E-state index in [0.29, 0.717) is 24.9 Å². The Bertz CT molecular complexity index is 445. The molecule has 0 aromatic rings. The van der Waals surface area contributed by atoms with Gasteiger partial charge in [-0.1, -0.05) is 31.9 Å². The van der Waals surface area contributed by atoms with Crippen LogP contribution in [0.15, 0.2) is 0 Å². The number of alkyl halides is 2. The molecule has 2 heterocycles. The van der Waals surface area contributed by atoms with E-state index >= 15 is 0 Å². The topological polar surface area (TPSA) is 51.4 Å². The largest absolute Gasteiger partial charge is 0.463 e. The number of rotatable bonds is 3. The molecular weight excluding hydrogens is 392 g/mol. The second-order valence-corrected chi connectivity index (χ2v) is 9.80. The summed E-state index contributed by atoms with van der Waals surface area (Å²) in [5.41, 5.74) is 0. The summed E-state index contributed by atoms with van der Waals surface area (Å²) in [6.07, 6.45) is 6.96. The number of hydrogen-bond acceptors (Lipinski definition) is 4. The van der Waals surface area contributed by atoms with E-state index < -0.39 is 4.32 Å². The minimum Gasteiger partial charge on any atom is -0.463 e. The van der Waals surface area contributed by atoms with Crippen LogP contribution < -0.4 is 0 Å². The fraction of sp³-hybridized carbons (Fsp3) is 0.929. The molecule has 2 aliphatic heterocycles. The van der Waals surface area contributed by atoms with Crippen molar-refractivity contribution >= 4 is 37.8 Å². The lowest BCUT2D eigenvalue weighted by Crippen LogP contribution is -2.42. The van der Waals surface area contributed by atoms with E-state index in [1.54, 1.807) is 0 Å². The van der Waals surface area contributed by atoms with E-state index in [0.717, 1.165) is 38.5 Å². The van der Waals surface area contributed by atoms with Gasteiger partial charge in [-0.25, -0.2) is 0 Å². The van der Waals surface area contributed by atoms with Crippen molar-refractivity contribution in [2.75, 3.05) is 6.61 Å². The second kappa shape index (κ2) is 4.67. The Hall–Kier alpha value is 0.350. The van der Waals surface area contributed by atoms with Crippen molar-refractivity contribution in [2.45, 2.75) is 71.6 Å². The Kier molecular flexibility index (Phi) is 3.26. The van der Waals surface area contributed by atoms with Gasteiger partial charge in [-0.3, -0.25) is 4.79 Å². The molecule has 0 radical (unpaired) electrons. The van der Waals surface area contributed by atoms with E-state index in [1.807, 2.05) is 0 Å². The third-order valence-electron chi connectivity index (χ3n) is 5.00. The monoisotopic (exact) mass is 408 g/mol. The van der Waals surface area contributed by atoms with Gasteiger partial charge < -0.3 is 14.2 Å². The van der Waals surface area contributed by atoms with Gasteiger partial charge >= 0.3 is 5.97 Å². The molecule has 20 heavy (non-hydrogen) atoms. The first-order chi connectivity index (χ1) is 9.47. The first-order valence-electron chi connectivity index (χ1n) is 7.34. The average molecular weight is 410 g/mol. The number of hydrogen-bond donors (Lipinski definition) is 0. The minimum atomic E-state index is -0.540. The molecule has 6 atom stereocenters. The number of halogens is 2. The van der Waals surface area contributed by atoms with Crippen LogP contribution in [-0.2, 0) is 19.0 Å². The van der Waals surface area contributed by atoms with E-state index in [2.05, 4.69) is 31.9 Å². The van der Waals surface area contributed by atoms with Crippen molar-refractivity contribution in [3.63, 3.8) is 0 Å². The molecule has 2 aliphatic carbocycles. The lowest BCUT2D eigenvalue weighted by atomic mass is 9.88. The molecule has 0 amide bonds. The van der Waals surface area contributed by atoms with Gasteiger partial charge in [0.25, 0.3) is 0 Å². The highest BCUT2D eigenvalue weighted by molar-refractivity contribution is 9.10. The predicted octanol–water partition coefficient (Wildman–Crippen LogP) is 2.70. The zero-order valence-electron chi connectivity index (χ0n) is 11.1. The molecule has 2 saturated heterocycles. The van der Waals surface area contributed by atoms with Crippen LogP contribution in [0.2, 0.25) is 0 Å². The van der Waals surface area contributed by atoms with Gasteiger partial charge in [-0.2, -0.15) is 0 Å². The van der Waals surface area contributed by atoms with Crippen molar-refractivity contribution in [2.24, 2.45) is 0 Å². The molecule has 6 heteroatoms. The maximum Gasteiger partial charge on any atom is 0.323 e. The summed E-state index contributed by atoms with van der Waals surface area (Å²) in [7, 11) is 0.